The summed E-state index contributed by atoms with van der Waals surface area (Å²) in [5.74, 6) is -0.356. The van der Waals surface area contributed by atoms with E-state index < -0.39 is 0 Å². The van der Waals surface area contributed by atoms with E-state index in [9.17, 15) is 9.59 Å². The average Bonchev–Trinajstić information content (AvgIpc) is 3.22. The molecule has 0 bridgehead atoms. The molecule has 178 valence electrons. The first-order valence-corrected chi connectivity index (χ1v) is 11.9. The lowest BCUT2D eigenvalue weighted by Crippen LogP contribution is -2.17. The molecule has 0 unspecified atom stereocenters. The Morgan fingerprint density at radius 3 is 2.17 bits per heavy atom. The molecule has 0 radical (unpaired) electrons. The van der Waals surface area contributed by atoms with E-state index in [0.717, 1.165) is 27.7 Å². The molecular weight excluding hydrogens is 446 g/mol. The van der Waals surface area contributed by atoms with Crippen LogP contribution in [-0.2, 0) is 6.54 Å². The molecule has 1 aromatic heterocycles. The maximum Gasteiger partial charge on any atom is 0.272 e. The highest BCUT2D eigenvalue weighted by atomic mass is 16.2. The first-order valence-electron chi connectivity index (χ1n) is 11.9. The molecule has 5 aromatic rings. The lowest BCUT2D eigenvalue weighted by Gasteiger charge is -2.12. The van der Waals surface area contributed by atoms with E-state index in [2.05, 4.69) is 35.8 Å². The van der Waals surface area contributed by atoms with Crippen LogP contribution < -0.4 is 10.6 Å². The number of hydrogen-bond acceptors (Lipinski definition) is 2. The van der Waals surface area contributed by atoms with Crippen LogP contribution in [-0.4, -0.2) is 16.4 Å². The van der Waals surface area contributed by atoms with Gasteiger partial charge in [0.2, 0.25) is 0 Å². The van der Waals surface area contributed by atoms with Crippen molar-refractivity contribution in [1.29, 1.82) is 0 Å². The molecule has 0 aliphatic carbocycles. The molecule has 0 saturated carbocycles. The number of amides is 2. The topological polar surface area (TPSA) is 63.1 Å². The first kappa shape index (κ1) is 23.1. The van der Waals surface area contributed by atoms with Gasteiger partial charge in [-0.15, -0.1) is 0 Å². The van der Waals surface area contributed by atoms with Crippen LogP contribution in [0.15, 0.2) is 103 Å². The quantitative estimate of drug-likeness (QED) is 0.284. The van der Waals surface area contributed by atoms with E-state index in [-0.39, 0.29) is 11.8 Å². The van der Waals surface area contributed by atoms with Crippen molar-refractivity contribution in [1.82, 2.24) is 4.57 Å². The van der Waals surface area contributed by atoms with Gasteiger partial charge in [0.1, 0.15) is 5.69 Å². The van der Waals surface area contributed by atoms with Gasteiger partial charge < -0.3 is 15.2 Å². The Morgan fingerprint density at radius 2 is 1.42 bits per heavy atom. The van der Waals surface area contributed by atoms with Gasteiger partial charge in [-0.2, -0.15) is 0 Å². The summed E-state index contributed by atoms with van der Waals surface area (Å²) in [6.45, 7) is 4.60. The van der Waals surface area contributed by atoms with Crippen LogP contribution in [0.1, 0.15) is 37.5 Å². The second kappa shape index (κ2) is 9.92. The van der Waals surface area contributed by atoms with Gasteiger partial charge in [0.25, 0.3) is 11.8 Å². The van der Waals surface area contributed by atoms with E-state index >= 15 is 0 Å². The Hall–Kier alpha value is -4.64. The molecule has 0 saturated heterocycles. The Bertz CT molecular complexity index is 1550. The Labute approximate surface area is 210 Å². The number of aryl methyl sites for hydroxylation is 2. The average molecular weight is 474 g/mol. The van der Waals surface area contributed by atoms with E-state index in [1.54, 1.807) is 0 Å². The van der Waals surface area contributed by atoms with Crippen LogP contribution in [0.25, 0.3) is 10.9 Å². The normalized spacial score (nSPS) is 10.8. The molecule has 5 rings (SSSR count). The summed E-state index contributed by atoms with van der Waals surface area (Å²) in [6.07, 6.45) is 0. The minimum Gasteiger partial charge on any atom is -0.332 e. The van der Waals surface area contributed by atoms with E-state index in [1.165, 1.54) is 5.56 Å². The molecule has 2 amide bonds. The lowest BCUT2D eigenvalue weighted by atomic mass is 10.1. The predicted octanol–water partition coefficient (Wildman–Crippen LogP) is 6.81. The first-order chi connectivity index (χ1) is 17.5. The number of fused-ring (bicyclic) bond motifs is 1. The van der Waals surface area contributed by atoms with E-state index in [1.807, 2.05) is 96.4 Å². The number of carbonyl (C=O) groups is 2. The minimum atomic E-state index is -0.185. The highest BCUT2D eigenvalue weighted by molar-refractivity contribution is 6.08. The number of para-hydroxylation sites is 1. The van der Waals surface area contributed by atoms with Gasteiger partial charge in [-0.25, -0.2) is 0 Å². The van der Waals surface area contributed by atoms with Crippen molar-refractivity contribution in [3.8, 4) is 0 Å². The largest absolute Gasteiger partial charge is 0.332 e. The third-order valence-electron chi connectivity index (χ3n) is 6.16. The third kappa shape index (κ3) is 5.05. The van der Waals surface area contributed by atoms with Crippen LogP contribution in [0.5, 0.6) is 0 Å². The van der Waals surface area contributed by atoms with Gasteiger partial charge in [0, 0.05) is 34.4 Å². The van der Waals surface area contributed by atoms with Crippen LogP contribution in [0.2, 0.25) is 0 Å². The van der Waals surface area contributed by atoms with Gasteiger partial charge >= 0.3 is 0 Å². The van der Waals surface area contributed by atoms with Crippen LogP contribution in [0.3, 0.4) is 0 Å². The van der Waals surface area contributed by atoms with Crippen molar-refractivity contribution in [3.05, 3.63) is 131 Å². The summed E-state index contributed by atoms with van der Waals surface area (Å²) < 4.78 is 2.02. The van der Waals surface area contributed by atoms with Crippen molar-refractivity contribution in [2.75, 3.05) is 10.6 Å². The second-order valence-corrected chi connectivity index (χ2v) is 9.02. The summed E-state index contributed by atoms with van der Waals surface area (Å²) in [5.41, 5.74) is 6.86. The van der Waals surface area contributed by atoms with E-state index in [0.29, 0.717) is 23.5 Å². The maximum atomic E-state index is 13.3. The van der Waals surface area contributed by atoms with Crippen molar-refractivity contribution < 1.29 is 9.59 Å². The number of nitrogens with zero attached hydrogens (tertiary/aromatic N) is 1. The molecule has 0 aliphatic rings. The molecule has 0 fully saturated rings. The zero-order chi connectivity index (χ0) is 25.1. The molecule has 0 aliphatic heterocycles. The van der Waals surface area contributed by atoms with Gasteiger partial charge in [-0.05, 0) is 67.9 Å². The second-order valence-electron chi connectivity index (χ2n) is 9.02. The summed E-state index contributed by atoms with van der Waals surface area (Å²) in [4.78, 5) is 26.1. The number of benzene rings is 4. The van der Waals surface area contributed by atoms with Crippen molar-refractivity contribution >= 4 is 34.1 Å². The number of rotatable bonds is 6. The van der Waals surface area contributed by atoms with Crippen LogP contribution in [0, 0.1) is 13.8 Å². The van der Waals surface area contributed by atoms with Crippen LogP contribution >= 0.6 is 0 Å². The number of anilines is 2. The zero-order valence-corrected chi connectivity index (χ0v) is 20.3. The van der Waals surface area contributed by atoms with Crippen molar-refractivity contribution in [2.45, 2.75) is 20.4 Å². The summed E-state index contributed by atoms with van der Waals surface area (Å²) in [6, 6.07) is 32.8. The standard InChI is InChI=1S/C31H27N3O2/c1-21-11-13-24(14-12-21)30(35)33-27-15-16-28-25(18-27)19-29(31(36)32-26-9-4-3-5-10-26)34(28)20-23-8-6-7-22(2)17-23/h3-19H,20H2,1-2H3,(H,32,36)(H,33,35). The zero-order valence-electron chi connectivity index (χ0n) is 20.3. The fourth-order valence-corrected chi connectivity index (χ4v) is 4.33. The molecule has 0 spiro atoms. The summed E-state index contributed by atoms with van der Waals surface area (Å²) in [7, 11) is 0. The molecule has 36 heavy (non-hydrogen) atoms. The Balaban J connectivity index is 1.50. The molecule has 4 aromatic carbocycles. The predicted molar refractivity (Wildman–Crippen MR) is 146 cm³/mol. The number of nitrogens with one attached hydrogen (secondary N) is 2. The number of hydrogen-bond donors (Lipinski definition) is 2. The van der Waals surface area contributed by atoms with Gasteiger partial charge in [0.15, 0.2) is 0 Å². The smallest absolute Gasteiger partial charge is 0.272 e. The number of carbonyl (C=O) groups excluding carboxylic acids is 2. The molecule has 1 heterocycles. The summed E-state index contributed by atoms with van der Waals surface area (Å²) >= 11 is 0. The van der Waals surface area contributed by atoms with Crippen molar-refractivity contribution in [2.24, 2.45) is 0 Å². The SMILES string of the molecule is Cc1ccc(C(=O)Nc2ccc3c(c2)cc(C(=O)Nc2ccccc2)n3Cc2cccc(C)c2)cc1. The molecular formula is C31H27N3O2. The van der Waals surface area contributed by atoms with Gasteiger partial charge in [0.05, 0.1) is 0 Å². The summed E-state index contributed by atoms with van der Waals surface area (Å²) in [5, 5.41) is 6.85. The fourth-order valence-electron chi connectivity index (χ4n) is 4.33. The lowest BCUT2D eigenvalue weighted by molar-refractivity contribution is 0.101. The Morgan fingerprint density at radius 1 is 0.667 bits per heavy atom. The highest BCUT2D eigenvalue weighted by Gasteiger charge is 2.17. The van der Waals surface area contributed by atoms with Gasteiger partial charge in [-0.1, -0.05) is 65.7 Å². The number of aromatic nitrogens is 1. The van der Waals surface area contributed by atoms with E-state index in [4.69, 9.17) is 0 Å². The highest BCUT2D eigenvalue weighted by Crippen LogP contribution is 2.26. The fraction of sp³-hybridized carbons (Fsp3) is 0.0968. The molecule has 0 atom stereocenters. The molecule has 5 nitrogen and oxygen atoms in total. The van der Waals surface area contributed by atoms with Gasteiger partial charge in [-0.3, -0.25) is 9.59 Å². The molecule has 2 N–H and O–H groups in total. The monoisotopic (exact) mass is 473 g/mol. The van der Waals surface area contributed by atoms with Crippen LogP contribution in [0.4, 0.5) is 11.4 Å². The minimum absolute atomic E-state index is 0.171. The third-order valence-corrected chi connectivity index (χ3v) is 6.16. The van der Waals surface area contributed by atoms with Crippen molar-refractivity contribution in [3.63, 3.8) is 0 Å². The Kier molecular flexibility index (Phi) is 6.37. The maximum absolute atomic E-state index is 13.3. The molecule has 5 heteroatoms.